The molecular formula is C14H22N4O. The van der Waals surface area contributed by atoms with E-state index in [1.807, 2.05) is 19.9 Å². The highest BCUT2D eigenvalue weighted by molar-refractivity contribution is 5.44. The van der Waals surface area contributed by atoms with E-state index in [1.165, 1.54) is 0 Å². The molecule has 0 radical (unpaired) electrons. The van der Waals surface area contributed by atoms with Gasteiger partial charge >= 0.3 is 0 Å². The van der Waals surface area contributed by atoms with Gasteiger partial charge in [0, 0.05) is 31.7 Å². The fourth-order valence-electron chi connectivity index (χ4n) is 3.26. The lowest BCUT2D eigenvalue weighted by Gasteiger charge is -2.25. The molecule has 3 heterocycles. The average Bonchev–Trinajstić information content (AvgIpc) is 2.92. The van der Waals surface area contributed by atoms with Crippen LogP contribution < -0.4 is 15.0 Å². The molecule has 104 valence electrons. The van der Waals surface area contributed by atoms with Gasteiger partial charge in [0.1, 0.15) is 12.1 Å². The Balaban J connectivity index is 1.79. The minimum absolute atomic E-state index is 0.141. The number of fused-ring (bicyclic) bond motifs is 1. The fraction of sp³-hybridized carbons (Fsp3) is 0.714. The van der Waals surface area contributed by atoms with Crippen LogP contribution in [0.2, 0.25) is 0 Å². The molecule has 0 spiro atoms. The number of hydrogen-bond donors (Lipinski definition) is 1. The summed E-state index contributed by atoms with van der Waals surface area (Å²) in [6, 6.07) is 2.49. The molecule has 3 atom stereocenters. The fourth-order valence-corrected chi connectivity index (χ4v) is 3.26. The van der Waals surface area contributed by atoms with Crippen LogP contribution in [0.15, 0.2) is 12.4 Å². The molecule has 5 nitrogen and oxygen atoms in total. The van der Waals surface area contributed by atoms with Gasteiger partial charge in [0.05, 0.1) is 6.10 Å². The average molecular weight is 262 g/mol. The molecule has 2 saturated heterocycles. The largest absolute Gasteiger partial charge is 0.475 e. The highest BCUT2D eigenvalue weighted by Crippen LogP contribution is 2.35. The lowest BCUT2D eigenvalue weighted by atomic mass is 9.95. The van der Waals surface area contributed by atoms with Gasteiger partial charge in [-0.15, -0.1) is 0 Å². The van der Waals surface area contributed by atoms with Gasteiger partial charge in [-0.1, -0.05) is 0 Å². The van der Waals surface area contributed by atoms with Crippen LogP contribution in [0, 0.1) is 11.8 Å². The molecule has 19 heavy (non-hydrogen) atoms. The van der Waals surface area contributed by atoms with Crippen molar-refractivity contribution in [1.29, 1.82) is 0 Å². The third-order valence-corrected chi connectivity index (χ3v) is 4.21. The van der Waals surface area contributed by atoms with E-state index in [4.69, 9.17) is 4.74 Å². The Morgan fingerprint density at radius 2 is 2.21 bits per heavy atom. The summed E-state index contributed by atoms with van der Waals surface area (Å²) in [5.41, 5.74) is 0. The molecule has 0 bridgehead atoms. The number of nitrogens with zero attached hydrogens (tertiary/aromatic N) is 3. The van der Waals surface area contributed by atoms with Crippen molar-refractivity contribution < 1.29 is 4.74 Å². The lowest BCUT2D eigenvalue weighted by Crippen LogP contribution is -2.33. The van der Waals surface area contributed by atoms with Crippen molar-refractivity contribution in [3.8, 4) is 5.88 Å². The maximum atomic E-state index is 5.65. The molecule has 2 fully saturated rings. The predicted octanol–water partition coefficient (Wildman–Crippen LogP) is 1.31. The minimum atomic E-state index is 0.141. The van der Waals surface area contributed by atoms with Gasteiger partial charge in [0.25, 0.3) is 0 Å². The number of nitrogens with one attached hydrogen (secondary N) is 1. The molecule has 0 aromatic carbocycles. The molecule has 1 N–H and O–H groups in total. The molecule has 1 aromatic heterocycles. The van der Waals surface area contributed by atoms with Gasteiger partial charge < -0.3 is 15.0 Å². The second-order valence-corrected chi connectivity index (χ2v) is 5.86. The summed E-state index contributed by atoms with van der Waals surface area (Å²) in [4.78, 5) is 11.0. The molecule has 3 unspecified atom stereocenters. The summed E-state index contributed by atoms with van der Waals surface area (Å²) in [6.45, 7) is 9.65. The van der Waals surface area contributed by atoms with E-state index in [0.29, 0.717) is 11.9 Å². The van der Waals surface area contributed by atoms with Gasteiger partial charge in [-0.2, -0.15) is 0 Å². The number of ether oxygens (including phenoxy) is 1. The smallest absolute Gasteiger partial charge is 0.218 e. The molecule has 3 rings (SSSR count). The Kier molecular flexibility index (Phi) is 3.31. The first-order chi connectivity index (χ1) is 9.15. The molecule has 2 aliphatic heterocycles. The third kappa shape index (κ3) is 2.39. The maximum absolute atomic E-state index is 5.65. The van der Waals surface area contributed by atoms with Crippen molar-refractivity contribution in [1.82, 2.24) is 15.3 Å². The van der Waals surface area contributed by atoms with E-state index in [2.05, 4.69) is 27.1 Å². The number of hydrogen-bond acceptors (Lipinski definition) is 5. The number of aromatic nitrogens is 2. The Morgan fingerprint density at radius 3 is 2.95 bits per heavy atom. The normalized spacial score (nSPS) is 29.9. The van der Waals surface area contributed by atoms with Crippen molar-refractivity contribution in [2.75, 3.05) is 24.5 Å². The van der Waals surface area contributed by atoms with E-state index < -0.39 is 0 Å². The van der Waals surface area contributed by atoms with Crippen LogP contribution in [0.5, 0.6) is 5.88 Å². The summed E-state index contributed by atoms with van der Waals surface area (Å²) in [5, 5.41) is 3.48. The highest BCUT2D eigenvalue weighted by Gasteiger charge is 2.42. The summed E-state index contributed by atoms with van der Waals surface area (Å²) >= 11 is 0. The number of rotatable bonds is 3. The standard InChI is InChI=1S/C14H22N4O/c1-9(2)19-14-4-13(16-8-17-14)18-7-11-5-15-6-12(11)10(18)3/h4,8-12,15H,5-7H2,1-3H3. The Bertz CT molecular complexity index is 451. The monoisotopic (exact) mass is 262 g/mol. The zero-order chi connectivity index (χ0) is 13.4. The predicted molar refractivity (Wildman–Crippen MR) is 74.5 cm³/mol. The summed E-state index contributed by atoms with van der Waals surface area (Å²) in [5.74, 6) is 3.15. The Morgan fingerprint density at radius 1 is 1.37 bits per heavy atom. The zero-order valence-corrected chi connectivity index (χ0v) is 11.8. The molecule has 1 aromatic rings. The van der Waals surface area contributed by atoms with Gasteiger partial charge in [-0.05, 0) is 32.6 Å². The second kappa shape index (κ2) is 4.96. The van der Waals surface area contributed by atoms with E-state index in [9.17, 15) is 0 Å². The molecule has 0 aliphatic carbocycles. The van der Waals surface area contributed by atoms with Crippen LogP contribution >= 0.6 is 0 Å². The van der Waals surface area contributed by atoms with Crippen LogP contribution in [-0.4, -0.2) is 41.7 Å². The first kappa shape index (κ1) is 12.7. The zero-order valence-electron chi connectivity index (χ0n) is 11.8. The van der Waals surface area contributed by atoms with E-state index in [1.54, 1.807) is 6.33 Å². The van der Waals surface area contributed by atoms with Crippen LogP contribution in [0.3, 0.4) is 0 Å². The van der Waals surface area contributed by atoms with Crippen LogP contribution in [0.4, 0.5) is 5.82 Å². The quantitative estimate of drug-likeness (QED) is 0.890. The number of anilines is 1. The SMILES string of the molecule is CC(C)Oc1cc(N2CC3CNCC3C2C)ncn1. The van der Waals surface area contributed by atoms with Gasteiger partial charge in [-0.3, -0.25) is 0 Å². The van der Waals surface area contributed by atoms with Gasteiger partial charge in [0.15, 0.2) is 0 Å². The molecule has 5 heteroatoms. The summed E-state index contributed by atoms with van der Waals surface area (Å²) in [7, 11) is 0. The molecular weight excluding hydrogens is 240 g/mol. The van der Waals surface area contributed by atoms with Gasteiger partial charge in [0.2, 0.25) is 5.88 Å². The first-order valence-electron chi connectivity index (χ1n) is 7.11. The Hall–Kier alpha value is -1.36. The molecule has 0 saturated carbocycles. The van der Waals surface area contributed by atoms with Crippen LogP contribution in [-0.2, 0) is 0 Å². The summed E-state index contributed by atoms with van der Waals surface area (Å²) in [6.07, 6.45) is 1.74. The van der Waals surface area contributed by atoms with Crippen molar-refractivity contribution in [2.24, 2.45) is 11.8 Å². The van der Waals surface area contributed by atoms with Crippen molar-refractivity contribution in [3.63, 3.8) is 0 Å². The van der Waals surface area contributed by atoms with Crippen molar-refractivity contribution in [2.45, 2.75) is 32.9 Å². The minimum Gasteiger partial charge on any atom is -0.475 e. The van der Waals surface area contributed by atoms with Crippen LogP contribution in [0.1, 0.15) is 20.8 Å². The topological polar surface area (TPSA) is 50.3 Å². The third-order valence-electron chi connectivity index (χ3n) is 4.21. The molecule has 2 aliphatic rings. The first-order valence-corrected chi connectivity index (χ1v) is 7.11. The van der Waals surface area contributed by atoms with Gasteiger partial charge in [-0.25, -0.2) is 9.97 Å². The van der Waals surface area contributed by atoms with E-state index in [0.717, 1.165) is 37.3 Å². The van der Waals surface area contributed by atoms with Crippen molar-refractivity contribution >= 4 is 5.82 Å². The second-order valence-electron chi connectivity index (χ2n) is 5.86. The molecule has 0 amide bonds. The van der Waals surface area contributed by atoms with E-state index in [-0.39, 0.29) is 6.10 Å². The Labute approximate surface area is 114 Å². The highest BCUT2D eigenvalue weighted by atomic mass is 16.5. The van der Waals surface area contributed by atoms with Crippen LogP contribution in [0.25, 0.3) is 0 Å². The maximum Gasteiger partial charge on any atom is 0.218 e. The summed E-state index contributed by atoms with van der Waals surface area (Å²) < 4.78 is 5.65. The van der Waals surface area contributed by atoms with Crippen molar-refractivity contribution in [3.05, 3.63) is 12.4 Å². The lowest BCUT2D eigenvalue weighted by molar-refractivity contribution is 0.232. The van der Waals surface area contributed by atoms with E-state index >= 15 is 0 Å².